The van der Waals surface area contributed by atoms with Gasteiger partial charge < -0.3 is 10.5 Å². The second-order valence-corrected chi connectivity index (χ2v) is 4.84. The number of anilines is 1. The zero-order valence-corrected chi connectivity index (χ0v) is 9.61. The zero-order chi connectivity index (χ0) is 13.1. The first kappa shape index (κ1) is 13.5. The van der Waals surface area contributed by atoms with Crippen LogP contribution < -0.4 is 11.2 Å². The highest BCUT2D eigenvalue weighted by molar-refractivity contribution is 7.85. The van der Waals surface area contributed by atoms with Crippen LogP contribution in [0, 0.1) is 0 Å². The number of ether oxygens (including phenoxy) is 1. The van der Waals surface area contributed by atoms with Gasteiger partial charge in [-0.05, 0) is 12.1 Å². The predicted octanol–water partition coefficient (Wildman–Crippen LogP) is -0.893. The lowest BCUT2D eigenvalue weighted by atomic mass is 9.92. The zero-order valence-electron chi connectivity index (χ0n) is 8.79. The molecule has 0 aromatic heterocycles. The van der Waals surface area contributed by atoms with Crippen LogP contribution in [0.4, 0.5) is 5.69 Å². The maximum absolute atomic E-state index is 11.4. The van der Waals surface area contributed by atoms with Crippen molar-refractivity contribution in [2.75, 3.05) is 18.1 Å². The van der Waals surface area contributed by atoms with Gasteiger partial charge >= 0.3 is 5.97 Å². The summed E-state index contributed by atoms with van der Waals surface area (Å²) >= 11 is 0. The van der Waals surface area contributed by atoms with Crippen LogP contribution in [-0.4, -0.2) is 39.1 Å². The van der Waals surface area contributed by atoms with Crippen molar-refractivity contribution in [3.05, 3.63) is 23.8 Å². The molecule has 1 rings (SSSR count). The Bertz CT molecular complexity index is 528. The average Bonchev–Trinajstić information content (AvgIpc) is 2.20. The van der Waals surface area contributed by atoms with E-state index in [-0.39, 0.29) is 11.0 Å². The molecular weight excluding hydrogens is 245 g/mol. The lowest BCUT2D eigenvalue weighted by molar-refractivity contribution is 0.0528. The van der Waals surface area contributed by atoms with E-state index in [1.165, 1.54) is 18.2 Å². The minimum Gasteiger partial charge on any atom is -0.461 e. The normalized spacial score (nSPS) is 11.1. The molecule has 0 aliphatic carbocycles. The molecule has 3 N–H and O–H groups in total. The Morgan fingerprint density at radius 1 is 1.47 bits per heavy atom. The molecule has 1 aromatic carbocycles. The number of nitrogens with two attached hydrogens (primary N) is 1. The van der Waals surface area contributed by atoms with Crippen molar-refractivity contribution in [3.63, 3.8) is 0 Å². The van der Waals surface area contributed by atoms with Crippen LogP contribution in [0.2, 0.25) is 0 Å². The summed E-state index contributed by atoms with van der Waals surface area (Å²) in [6.07, 6.45) is 0. The maximum Gasteiger partial charge on any atom is 0.338 e. The molecule has 1 aromatic rings. The summed E-state index contributed by atoms with van der Waals surface area (Å²) in [6.45, 7) is -0.429. The third kappa shape index (κ3) is 4.45. The van der Waals surface area contributed by atoms with Crippen molar-refractivity contribution in [1.29, 1.82) is 0 Å². The number of esters is 1. The summed E-state index contributed by atoms with van der Waals surface area (Å²) in [4.78, 5) is 11.4. The van der Waals surface area contributed by atoms with Crippen molar-refractivity contribution in [3.8, 4) is 0 Å². The lowest BCUT2D eigenvalue weighted by Gasteiger charge is -2.06. The minimum absolute atomic E-state index is 0.159. The van der Waals surface area contributed by atoms with Crippen LogP contribution in [0.3, 0.4) is 0 Å². The molecule has 8 heteroatoms. The van der Waals surface area contributed by atoms with Gasteiger partial charge in [-0.3, -0.25) is 4.55 Å². The number of rotatable bonds is 4. The highest BCUT2D eigenvalue weighted by Gasteiger charge is 2.10. The highest BCUT2D eigenvalue weighted by atomic mass is 32.2. The molecule has 90 valence electrons. The summed E-state index contributed by atoms with van der Waals surface area (Å²) in [5.74, 6) is -1.39. The molecule has 17 heavy (non-hydrogen) atoms. The highest BCUT2D eigenvalue weighted by Crippen LogP contribution is 2.04. The Hall–Kier alpha value is -1.54. The van der Waals surface area contributed by atoms with Crippen LogP contribution in [0.5, 0.6) is 0 Å². The van der Waals surface area contributed by atoms with Crippen molar-refractivity contribution in [2.24, 2.45) is 0 Å². The van der Waals surface area contributed by atoms with Crippen LogP contribution in [0.15, 0.2) is 18.2 Å². The van der Waals surface area contributed by atoms with E-state index in [0.717, 1.165) is 0 Å². The molecule has 0 bridgehead atoms. The standard InChI is InChI=1S/C9H10BNO5S/c10-7-5-6(1-2-8(7)11)9(12)16-3-4-17(13,14)15/h1-2,5H,3-4,11H2,(H,13,14,15). The van der Waals surface area contributed by atoms with E-state index in [2.05, 4.69) is 4.74 Å². The van der Waals surface area contributed by atoms with Crippen LogP contribution in [-0.2, 0) is 14.9 Å². The van der Waals surface area contributed by atoms with Crippen LogP contribution in [0.1, 0.15) is 10.4 Å². The lowest BCUT2D eigenvalue weighted by Crippen LogP contribution is -2.17. The average molecular weight is 255 g/mol. The molecule has 0 saturated heterocycles. The number of carbonyl (C=O) groups excluding carboxylic acids is 1. The topological polar surface area (TPSA) is 107 Å². The summed E-state index contributed by atoms with van der Waals surface area (Å²) in [7, 11) is 1.35. The predicted molar refractivity (Wildman–Crippen MR) is 62.9 cm³/mol. The van der Waals surface area contributed by atoms with E-state index in [9.17, 15) is 13.2 Å². The Balaban J connectivity index is 2.61. The summed E-state index contributed by atoms with van der Waals surface area (Å²) in [6, 6.07) is 4.17. The minimum atomic E-state index is -4.14. The molecular formula is C9H10BNO5S. The Kier molecular flexibility index (Phi) is 4.14. The molecule has 6 nitrogen and oxygen atoms in total. The number of nitrogen functional groups attached to an aromatic ring is 1. The number of carbonyl (C=O) groups is 1. The monoisotopic (exact) mass is 255 g/mol. The molecule has 0 spiro atoms. The Morgan fingerprint density at radius 3 is 2.65 bits per heavy atom. The van der Waals surface area contributed by atoms with Crippen LogP contribution in [0.25, 0.3) is 0 Å². The largest absolute Gasteiger partial charge is 0.461 e. The number of benzene rings is 1. The van der Waals surface area contributed by atoms with E-state index < -0.39 is 28.4 Å². The van der Waals surface area contributed by atoms with E-state index in [4.69, 9.17) is 18.1 Å². The van der Waals surface area contributed by atoms with Gasteiger partial charge in [0.25, 0.3) is 10.1 Å². The van der Waals surface area contributed by atoms with E-state index in [1.807, 2.05) is 0 Å². The number of hydrogen-bond donors (Lipinski definition) is 2. The van der Waals surface area contributed by atoms with Gasteiger partial charge in [-0.15, -0.1) is 0 Å². The van der Waals surface area contributed by atoms with Gasteiger partial charge in [0.15, 0.2) is 0 Å². The SMILES string of the molecule is [B]c1cc(C(=O)OCCS(=O)(=O)O)ccc1N. The molecule has 0 saturated carbocycles. The summed E-state index contributed by atoms with van der Waals surface area (Å²) < 4.78 is 33.8. The van der Waals surface area contributed by atoms with Gasteiger partial charge in [0.2, 0.25) is 0 Å². The van der Waals surface area contributed by atoms with Crippen molar-refractivity contribution in [1.82, 2.24) is 0 Å². The molecule has 0 amide bonds. The molecule has 0 atom stereocenters. The van der Waals surface area contributed by atoms with Gasteiger partial charge in [-0.2, -0.15) is 8.42 Å². The van der Waals surface area contributed by atoms with Gasteiger partial charge in [0.05, 0.1) is 5.56 Å². The number of hydrogen-bond acceptors (Lipinski definition) is 5. The third-order valence-electron chi connectivity index (χ3n) is 1.90. The van der Waals surface area contributed by atoms with Gasteiger partial charge in [-0.1, -0.05) is 11.5 Å². The first-order valence-electron chi connectivity index (χ1n) is 4.57. The van der Waals surface area contributed by atoms with Gasteiger partial charge in [-0.25, -0.2) is 4.79 Å². The molecule has 2 radical (unpaired) electrons. The molecule has 0 heterocycles. The van der Waals surface area contributed by atoms with Crippen molar-refractivity contribution >= 4 is 35.1 Å². The molecule has 0 unspecified atom stereocenters. The second kappa shape index (κ2) is 5.20. The summed E-state index contributed by atoms with van der Waals surface area (Å²) in [5, 5.41) is 0. The molecule has 0 fully saturated rings. The van der Waals surface area contributed by atoms with Gasteiger partial charge in [0, 0.05) is 5.69 Å². The Labute approximate surface area is 99.9 Å². The third-order valence-corrected chi connectivity index (χ3v) is 2.58. The molecule has 0 aliphatic rings. The molecule has 0 aliphatic heterocycles. The smallest absolute Gasteiger partial charge is 0.338 e. The fourth-order valence-corrected chi connectivity index (χ4v) is 1.32. The Morgan fingerprint density at radius 2 is 2.12 bits per heavy atom. The van der Waals surface area contributed by atoms with Crippen LogP contribution >= 0.6 is 0 Å². The fraction of sp³-hybridized carbons (Fsp3) is 0.222. The van der Waals surface area contributed by atoms with E-state index in [0.29, 0.717) is 5.69 Å². The first-order chi connectivity index (χ1) is 7.79. The van der Waals surface area contributed by atoms with Crippen molar-refractivity contribution < 1.29 is 22.5 Å². The van der Waals surface area contributed by atoms with E-state index in [1.54, 1.807) is 0 Å². The first-order valence-corrected chi connectivity index (χ1v) is 6.18. The fourth-order valence-electron chi connectivity index (χ4n) is 1.02. The maximum atomic E-state index is 11.4. The quantitative estimate of drug-likeness (QED) is 0.313. The van der Waals surface area contributed by atoms with Gasteiger partial charge in [0.1, 0.15) is 20.2 Å². The van der Waals surface area contributed by atoms with Crippen molar-refractivity contribution in [2.45, 2.75) is 0 Å². The second-order valence-electron chi connectivity index (χ2n) is 3.27. The summed E-state index contributed by atoms with van der Waals surface area (Å²) in [5.41, 5.74) is 6.18. The van der Waals surface area contributed by atoms with E-state index >= 15 is 0 Å².